The maximum Gasteiger partial charge on any atom is 0.191 e. The zero-order valence-electron chi connectivity index (χ0n) is 20.7. The van der Waals surface area contributed by atoms with E-state index >= 15 is 0 Å². The molecule has 0 atom stereocenters. The van der Waals surface area contributed by atoms with E-state index in [4.69, 9.17) is 9.47 Å². The number of ether oxygens (including phenoxy) is 2. The second kappa shape index (κ2) is 15.1. The number of hydrogen-bond donors (Lipinski definition) is 2. The summed E-state index contributed by atoms with van der Waals surface area (Å²) in [5.41, 5.74) is 1.47. The third-order valence-corrected chi connectivity index (χ3v) is 6.53. The summed E-state index contributed by atoms with van der Waals surface area (Å²) in [7, 11) is 1.83. The number of likely N-dealkylation sites (tertiary alicyclic amines) is 1. The van der Waals surface area contributed by atoms with Crippen LogP contribution in [0.2, 0.25) is 0 Å². The summed E-state index contributed by atoms with van der Waals surface area (Å²) < 4.78 is 11.6. The van der Waals surface area contributed by atoms with Crippen molar-refractivity contribution in [3.63, 3.8) is 0 Å². The molecule has 2 N–H and O–H groups in total. The Balaban J connectivity index is 0.00000385. The molecular weight excluding hydrogens is 529 g/mol. The maximum atomic E-state index is 6.15. The Kier molecular flexibility index (Phi) is 13.0. The largest absolute Gasteiger partial charge is 0.379 e. The summed E-state index contributed by atoms with van der Waals surface area (Å²) in [6.07, 6.45) is 3.63. The highest BCUT2D eigenvalue weighted by Gasteiger charge is 2.28. The Labute approximate surface area is 217 Å². The molecule has 8 heteroatoms. The van der Waals surface area contributed by atoms with Gasteiger partial charge in [0.1, 0.15) is 0 Å². The molecular formula is C25H44IN5O2. The highest BCUT2D eigenvalue weighted by Crippen LogP contribution is 2.17. The number of nitrogens with zero attached hydrogens (tertiary/aromatic N) is 3. The Morgan fingerprint density at radius 2 is 1.79 bits per heavy atom. The molecule has 188 valence electrons. The van der Waals surface area contributed by atoms with Crippen molar-refractivity contribution in [1.82, 2.24) is 20.4 Å². The fraction of sp³-hybridized carbons (Fsp3) is 0.720. The van der Waals surface area contributed by atoms with Crippen LogP contribution in [0, 0.1) is 0 Å². The molecule has 0 aromatic heterocycles. The lowest BCUT2D eigenvalue weighted by atomic mass is 10.0. The average molecular weight is 574 g/mol. The molecule has 7 nitrogen and oxygen atoms in total. The maximum absolute atomic E-state index is 6.15. The second-order valence-electron chi connectivity index (χ2n) is 9.45. The summed E-state index contributed by atoms with van der Waals surface area (Å²) in [6, 6.07) is 10.7. The van der Waals surface area contributed by atoms with Crippen molar-refractivity contribution in [3.05, 3.63) is 35.9 Å². The van der Waals surface area contributed by atoms with E-state index in [1.54, 1.807) is 0 Å². The summed E-state index contributed by atoms with van der Waals surface area (Å²) in [5.74, 6) is 0.862. The molecule has 2 saturated heterocycles. The molecule has 0 unspecified atom stereocenters. The van der Waals surface area contributed by atoms with Gasteiger partial charge in [-0.25, -0.2) is 0 Å². The quantitative estimate of drug-likeness (QED) is 0.194. The van der Waals surface area contributed by atoms with Gasteiger partial charge in [0, 0.05) is 65.0 Å². The molecule has 0 spiro atoms. The van der Waals surface area contributed by atoms with Crippen molar-refractivity contribution >= 4 is 29.9 Å². The Morgan fingerprint density at radius 1 is 1.09 bits per heavy atom. The molecule has 1 aromatic carbocycles. The monoisotopic (exact) mass is 573 g/mol. The number of morpholine rings is 1. The first-order valence-corrected chi connectivity index (χ1v) is 12.2. The fourth-order valence-electron chi connectivity index (χ4n) is 4.41. The molecule has 33 heavy (non-hydrogen) atoms. The van der Waals surface area contributed by atoms with E-state index in [-0.39, 0.29) is 29.5 Å². The van der Waals surface area contributed by atoms with Crippen LogP contribution in [-0.2, 0) is 16.0 Å². The van der Waals surface area contributed by atoms with Crippen LogP contribution >= 0.6 is 24.0 Å². The molecule has 0 bridgehead atoms. The first-order chi connectivity index (χ1) is 15.6. The number of aliphatic imine (C=N–C) groups is 1. The van der Waals surface area contributed by atoms with Gasteiger partial charge in [-0.2, -0.15) is 0 Å². The SMILES string of the molecule is CN=C(NCCCOC1CCN(Cc2ccccc2)CC1)NCC(C)(C)N1CCOCC1.I. The summed E-state index contributed by atoms with van der Waals surface area (Å²) in [6.45, 7) is 14.0. The van der Waals surface area contributed by atoms with Crippen LogP contribution in [-0.4, -0.2) is 93.5 Å². The fourth-order valence-corrected chi connectivity index (χ4v) is 4.41. The molecule has 2 fully saturated rings. The van der Waals surface area contributed by atoms with E-state index in [0.717, 1.165) is 90.9 Å². The predicted octanol–water partition coefficient (Wildman–Crippen LogP) is 2.95. The Hall–Kier alpha value is -0.940. The minimum absolute atomic E-state index is 0. The van der Waals surface area contributed by atoms with Gasteiger partial charge in [-0.05, 0) is 38.7 Å². The minimum atomic E-state index is 0. The van der Waals surface area contributed by atoms with Gasteiger partial charge in [0.05, 0.1) is 19.3 Å². The summed E-state index contributed by atoms with van der Waals surface area (Å²) in [5, 5.41) is 6.91. The van der Waals surface area contributed by atoms with Crippen LogP contribution in [0.1, 0.15) is 38.7 Å². The van der Waals surface area contributed by atoms with Crippen molar-refractivity contribution in [2.45, 2.75) is 51.3 Å². The van der Waals surface area contributed by atoms with Gasteiger partial charge in [0.25, 0.3) is 0 Å². The van der Waals surface area contributed by atoms with Crippen LogP contribution in [0.25, 0.3) is 0 Å². The van der Waals surface area contributed by atoms with Crippen molar-refractivity contribution in [2.24, 2.45) is 4.99 Å². The predicted molar refractivity (Wildman–Crippen MR) is 147 cm³/mol. The Bertz CT molecular complexity index is 675. The molecule has 2 heterocycles. The van der Waals surface area contributed by atoms with Gasteiger partial charge >= 0.3 is 0 Å². The smallest absolute Gasteiger partial charge is 0.191 e. The van der Waals surface area contributed by atoms with E-state index in [1.165, 1.54) is 5.56 Å². The summed E-state index contributed by atoms with van der Waals surface area (Å²) in [4.78, 5) is 9.39. The van der Waals surface area contributed by atoms with Gasteiger partial charge < -0.3 is 20.1 Å². The van der Waals surface area contributed by atoms with Gasteiger partial charge in [-0.1, -0.05) is 30.3 Å². The van der Waals surface area contributed by atoms with E-state index in [2.05, 4.69) is 69.6 Å². The topological polar surface area (TPSA) is 61.4 Å². The van der Waals surface area contributed by atoms with Gasteiger partial charge in [0.2, 0.25) is 0 Å². The Morgan fingerprint density at radius 3 is 2.45 bits per heavy atom. The lowest BCUT2D eigenvalue weighted by Crippen LogP contribution is -2.56. The van der Waals surface area contributed by atoms with Crippen LogP contribution in [0.5, 0.6) is 0 Å². The molecule has 0 radical (unpaired) electrons. The number of nitrogens with one attached hydrogen (secondary N) is 2. The van der Waals surface area contributed by atoms with Crippen LogP contribution in [0.15, 0.2) is 35.3 Å². The minimum Gasteiger partial charge on any atom is -0.379 e. The van der Waals surface area contributed by atoms with Crippen molar-refractivity contribution in [3.8, 4) is 0 Å². The number of halogens is 1. The third-order valence-electron chi connectivity index (χ3n) is 6.53. The number of benzene rings is 1. The van der Waals surface area contributed by atoms with Crippen molar-refractivity contribution in [2.75, 3.05) is 66.1 Å². The first kappa shape index (κ1) is 28.3. The van der Waals surface area contributed by atoms with Gasteiger partial charge in [-0.3, -0.25) is 14.8 Å². The van der Waals surface area contributed by atoms with Crippen LogP contribution in [0.4, 0.5) is 0 Å². The van der Waals surface area contributed by atoms with Gasteiger partial charge in [-0.15, -0.1) is 24.0 Å². The molecule has 0 amide bonds. The van der Waals surface area contributed by atoms with E-state index < -0.39 is 0 Å². The van der Waals surface area contributed by atoms with Crippen molar-refractivity contribution < 1.29 is 9.47 Å². The molecule has 2 aliphatic rings. The number of guanidine groups is 1. The molecule has 2 aliphatic heterocycles. The van der Waals surface area contributed by atoms with Crippen LogP contribution < -0.4 is 10.6 Å². The van der Waals surface area contributed by atoms with E-state index in [9.17, 15) is 0 Å². The highest BCUT2D eigenvalue weighted by atomic mass is 127. The van der Waals surface area contributed by atoms with Crippen molar-refractivity contribution in [1.29, 1.82) is 0 Å². The zero-order chi connectivity index (χ0) is 22.7. The second-order valence-corrected chi connectivity index (χ2v) is 9.45. The van der Waals surface area contributed by atoms with Gasteiger partial charge in [0.15, 0.2) is 5.96 Å². The standard InChI is InChI=1S/C25H43N5O2.HI/c1-25(2,30-15-18-31-19-16-30)21-28-24(26-3)27-12-7-17-32-23-10-13-29(14-11-23)20-22-8-5-4-6-9-22;/h4-6,8-9,23H,7,10-21H2,1-3H3,(H2,26,27,28);1H. The highest BCUT2D eigenvalue weighted by molar-refractivity contribution is 14.0. The van der Waals surface area contributed by atoms with Crippen LogP contribution in [0.3, 0.4) is 0 Å². The lowest BCUT2D eigenvalue weighted by molar-refractivity contribution is -0.00835. The molecule has 0 saturated carbocycles. The molecule has 0 aliphatic carbocycles. The zero-order valence-corrected chi connectivity index (χ0v) is 23.1. The number of piperidine rings is 1. The van der Waals surface area contributed by atoms with E-state index in [0.29, 0.717) is 6.10 Å². The third kappa shape index (κ3) is 10.1. The lowest BCUT2D eigenvalue weighted by Gasteiger charge is -2.41. The van der Waals surface area contributed by atoms with E-state index in [1.807, 2.05) is 7.05 Å². The summed E-state index contributed by atoms with van der Waals surface area (Å²) >= 11 is 0. The first-order valence-electron chi connectivity index (χ1n) is 12.2. The molecule has 3 rings (SSSR count). The number of hydrogen-bond acceptors (Lipinski definition) is 5. The normalized spacial score (nSPS) is 19.2. The average Bonchev–Trinajstić information content (AvgIpc) is 2.83. The number of rotatable bonds is 10. The molecule has 1 aromatic rings.